The first kappa shape index (κ1) is 16.9. The Morgan fingerprint density at radius 2 is 2.00 bits per heavy atom. The van der Waals surface area contributed by atoms with Crippen LogP contribution in [0.2, 0.25) is 0 Å². The molecule has 2 bridgehead atoms. The second-order valence-corrected chi connectivity index (χ2v) is 8.44. The van der Waals surface area contributed by atoms with E-state index in [2.05, 4.69) is 24.9 Å². The second-order valence-electron chi connectivity index (χ2n) is 8.44. The summed E-state index contributed by atoms with van der Waals surface area (Å²) in [6, 6.07) is 1.88. The number of nitrogens with one attached hydrogen (secondary N) is 1. The van der Waals surface area contributed by atoms with Gasteiger partial charge < -0.3 is 4.90 Å². The molecule has 2 aromatic heterocycles. The van der Waals surface area contributed by atoms with Crippen molar-refractivity contribution in [3.63, 3.8) is 0 Å². The Bertz CT molecular complexity index is 930. The summed E-state index contributed by atoms with van der Waals surface area (Å²) in [4.78, 5) is 38.5. The molecule has 8 heteroatoms. The number of hydrogen-bond acceptors (Lipinski definition) is 5. The molecule has 1 saturated carbocycles. The highest BCUT2D eigenvalue weighted by Gasteiger charge is 2.41. The minimum absolute atomic E-state index is 0.0845. The van der Waals surface area contributed by atoms with Crippen LogP contribution in [0, 0.1) is 18.8 Å². The number of carbonyl (C=O) groups excluding carboxylic acids is 1. The topological polar surface area (TPSA) is 86.6 Å². The number of aromatic amines is 1. The molecule has 0 unspecified atom stereocenters. The Morgan fingerprint density at radius 1 is 1.15 bits per heavy atom. The van der Waals surface area contributed by atoms with Gasteiger partial charge in [-0.25, -0.2) is 4.98 Å². The molecule has 1 aliphatic carbocycles. The van der Waals surface area contributed by atoms with Gasteiger partial charge in [-0.15, -0.1) is 0 Å². The Hall–Kier alpha value is -2.22. The van der Waals surface area contributed by atoms with E-state index in [1.807, 2.05) is 6.92 Å². The van der Waals surface area contributed by atoms with E-state index in [4.69, 9.17) is 0 Å². The number of aryl methyl sites for hydroxylation is 1. The molecule has 1 amide bonds. The highest BCUT2D eigenvalue weighted by molar-refractivity contribution is 5.80. The molecule has 4 aliphatic rings. The molecule has 0 radical (unpaired) electrons. The molecule has 3 saturated heterocycles. The Balaban J connectivity index is 1.36. The number of hydrogen-bond donors (Lipinski definition) is 1. The maximum atomic E-state index is 12.9. The van der Waals surface area contributed by atoms with Crippen molar-refractivity contribution in [3.05, 3.63) is 27.9 Å². The van der Waals surface area contributed by atoms with Crippen LogP contribution in [-0.4, -0.2) is 61.0 Å². The molecular formula is C19H26N6O2. The summed E-state index contributed by atoms with van der Waals surface area (Å²) in [5.74, 6) is 2.21. The highest BCUT2D eigenvalue weighted by atomic mass is 16.2. The zero-order valence-electron chi connectivity index (χ0n) is 15.7. The van der Waals surface area contributed by atoms with Crippen LogP contribution in [0.25, 0.3) is 5.78 Å². The average Bonchev–Trinajstić information content (AvgIpc) is 2.78. The maximum Gasteiger partial charge on any atom is 0.274 e. The summed E-state index contributed by atoms with van der Waals surface area (Å²) < 4.78 is 1.37. The van der Waals surface area contributed by atoms with Crippen LogP contribution in [0.3, 0.4) is 0 Å². The van der Waals surface area contributed by atoms with Crippen LogP contribution in [0.1, 0.15) is 43.6 Å². The fourth-order valence-corrected chi connectivity index (χ4v) is 4.80. The van der Waals surface area contributed by atoms with Gasteiger partial charge in [0.05, 0.1) is 11.6 Å². The van der Waals surface area contributed by atoms with Gasteiger partial charge in [-0.1, -0.05) is 6.42 Å². The van der Waals surface area contributed by atoms with Crippen molar-refractivity contribution in [3.8, 4) is 0 Å². The summed E-state index contributed by atoms with van der Waals surface area (Å²) in [5.41, 5.74) is 0.585. The van der Waals surface area contributed by atoms with Gasteiger partial charge in [-0.3, -0.25) is 19.6 Å². The highest BCUT2D eigenvalue weighted by Crippen LogP contribution is 2.34. The number of rotatable bonds is 4. The van der Waals surface area contributed by atoms with Crippen LogP contribution in [0.4, 0.5) is 0 Å². The third-order valence-corrected chi connectivity index (χ3v) is 6.43. The molecule has 0 spiro atoms. The van der Waals surface area contributed by atoms with E-state index in [1.165, 1.54) is 23.8 Å². The van der Waals surface area contributed by atoms with Crippen LogP contribution in [-0.2, 0) is 11.3 Å². The van der Waals surface area contributed by atoms with Gasteiger partial charge in [0.1, 0.15) is 5.82 Å². The molecule has 2 aromatic rings. The summed E-state index contributed by atoms with van der Waals surface area (Å²) in [6.07, 6.45) is 5.91. The van der Waals surface area contributed by atoms with Crippen molar-refractivity contribution < 1.29 is 4.79 Å². The fourth-order valence-electron chi connectivity index (χ4n) is 4.80. The minimum Gasteiger partial charge on any atom is -0.338 e. The lowest BCUT2D eigenvalue weighted by atomic mass is 9.83. The first-order valence-electron chi connectivity index (χ1n) is 10.0. The quantitative estimate of drug-likeness (QED) is 0.866. The van der Waals surface area contributed by atoms with Gasteiger partial charge in [0.15, 0.2) is 0 Å². The van der Waals surface area contributed by atoms with E-state index in [0.717, 1.165) is 38.2 Å². The molecule has 8 nitrogen and oxygen atoms in total. The predicted molar refractivity (Wildman–Crippen MR) is 99.2 cm³/mol. The molecule has 0 aromatic carbocycles. The van der Waals surface area contributed by atoms with Crippen LogP contribution in [0.15, 0.2) is 10.9 Å². The fraction of sp³-hybridized carbons (Fsp3) is 0.684. The van der Waals surface area contributed by atoms with Gasteiger partial charge in [-0.2, -0.15) is 9.50 Å². The standard InChI is InChI=1S/C19H26N6O2/c1-12-20-19-21-15(7-17(26)25(19)22-12)10-23-9-14-5-6-16(11-23)24(18(14)27)8-13-3-2-4-13/h7,13-14,16H,2-6,8-11H2,1H3,(H,20,21,22)/t14-,16+/m1/s1. The van der Waals surface area contributed by atoms with Crippen LogP contribution in [0.5, 0.6) is 0 Å². The number of amides is 1. The lowest BCUT2D eigenvalue weighted by Crippen LogP contribution is -2.50. The SMILES string of the molecule is Cc1nc2nc(CN3C[C@H]4CC[C@@H](C3)N(CC3CCC3)C4=O)cc(=O)n2[nH]1. The molecule has 1 N–H and O–H groups in total. The van der Waals surface area contributed by atoms with E-state index in [1.54, 1.807) is 6.07 Å². The van der Waals surface area contributed by atoms with Crippen molar-refractivity contribution in [2.75, 3.05) is 19.6 Å². The summed E-state index contributed by atoms with van der Waals surface area (Å²) in [7, 11) is 0. The summed E-state index contributed by atoms with van der Waals surface area (Å²) in [6.45, 7) is 4.97. The van der Waals surface area contributed by atoms with Gasteiger partial charge in [0, 0.05) is 38.3 Å². The number of aromatic nitrogens is 4. The maximum absolute atomic E-state index is 12.9. The van der Waals surface area contributed by atoms with Gasteiger partial charge in [0.2, 0.25) is 5.91 Å². The molecule has 27 heavy (non-hydrogen) atoms. The molecule has 4 fully saturated rings. The summed E-state index contributed by atoms with van der Waals surface area (Å²) in [5, 5.41) is 2.90. The predicted octanol–water partition coefficient (Wildman–Crippen LogP) is 0.949. The monoisotopic (exact) mass is 370 g/mol. The lowest BCUT2D eigenvalue weighted by Gasteiger charge is -2.40. The van der Waals surface area contributed by atoms with Crippen molar-refractivity contribution in [1.82, 2.24) is 29.4 Å². The van der Waals surface area contributed by atoms with Gasteiger partial charge >= 0.3 is 0 Å². The third kappa shape index (κ3) is 3.05. The molecule has 2 atom stereocenters. The number of piperidine rings is 1. The normalized spacial score (nSPS) is 26.6. The van der Waals surface area contributed by atoms with E-state index in [9.17, 15) is 9.59 Å². The number of nitrogens with zero attached hydrogens (tertiary/aromatic N) is 5. The lowest BCUT2D eigenvalue weighted by molar-refractivity contribution is -0.141. The first-order chi connectivity index (χ1) is 13.1. The zero-order valence-corrected chi connectivity index (χ0v) is 15.7. The second kappa shape index (κ2) is 6.44. The van der Waals surface area contributed by atoms with E-state index in [0.29, 0.717) is 36.0 Å². The largest absolute Gasteiger partial charge is 0.338 e. The molecule has 3 aliphatic heterocycles. The van der Waals surface area contributed by atoms with E-state index < -0.39 is 0 Å². The number of fused-ring (bicyclic) bond motifs is 5. The Kier molecular flexibility index (Phi) is 4.03. The van der Waals surface area contributed by atoms with Crippen molar-refractivity contribution in [2.24, 2.45) is 11.8 Å². The summed E-state index contributed by atoms with van der Waals surface area (Å²) >= 11 is 0. The van der Waals surface area contributed by atoms with Crippen molar-refractivity contribution in [2.45, 2.75) is 51.6 Å². The van der Waals surface area contributed by atoms with Crippen LogP contribution >= 0.6 is 0 Å². The third-order valence-electron chi connectivity index (χ3n) is 6.43. The van der Waals surface area contributed by atoms with Crippen LogP contribution < -0.4 is 5.56 Å². The number of H-pyrrole nitrogens is 1. The molecule has 144 valence electrons. The van der Waals surface area contributed by atoms with Crippen molar-refractivity contribution in [1.29, 1.82) is 0 Å². The first-order valence-corrected chi connectivity index (χ1v) is 10.0. The molecule has 5 heterocycles. The minimum atomic E-state index is -0.143. The van der Waals surface area contributed by atoms with Gasteiger partial charge in [-0.05, 0) is 38.5 Å². The molecule has 6 rings (SSSR count). The van der Waals surface area contributed by atoms with Crippen molar-refractivity contribution >= 4 is 11.7 Å². The smallest absolute Gasteiger partial charge is 0.274 e. The number of carbonyl (C=O) groups is 1. The Labute approximate surface area is 157 Å². The van der Waals surface area contributed by atoms with E-state index >= 15 is 0 Å². The zero-order chi connectivity index (χ0) is 18.5. The Morgan fingerprint density at radius 3 is 2.78 bits per heavy atom. The average molecular weight is 370 g/mol. The van der Waals surface area contributed by atoms with Gasteiger partial charge in [0.25, 0.3) is 11.3 Å². The van der Waals surface area contributed by atoms with E-state index in [-0.39, 0.29) is 11.5 Å². The molecular weight excluding hydrogens is 344 g/mol.